The topological polar surface area (TPSA) is 164 Å². The molecule has 0 fully saturated rings. The summed E-state index contributed by atoms with van der Waals surface area (Å²) in [5, 5.41) is 20.1. The van der Waals surface area contributed by atoms with E-state index < -0.39 is 35.7 Å². The highest BCUT2D eigenvalue weighted by Gasteiger charge is 2.23. The molecule has 9 nitrogen and oxygen atoms in total. The second-order valence-electron chi connectivity index (χ2n) is 9.63. The van der Waals surface area contributed by atoms with Crippen LogP contribution < -0.4 is 11.1 Å². The third-order valence-electron chi connectivity index (χ3n) is 6.05. The minimum Gasteiger partial charge on any atom is -0.481 e. The second kappa shape index (κ2) is 24.6. The van der Waals surface area contributed by atoms with Crippen LogP contribution >= 0.6 is 11.8 Å². The second-order valence-corrected chi connectivity index (χ2v) is 10.7. The molecular formula is C29H48N2O7S. The normalized spacial score (nSPS) is 13.0. The van der Waals surface area contributed by atoms with Crippen LogP contribution in [0.5, 0.6) is 0 Å². The Balaban J connectivity index is 4.18. The summed E-state index contributed by atoms with van der Waals surface area (Å²) in [6.45, 7) is 2.21. The summed E-state index contributed by atoms with van der Waals surface area (Å²) in [4.78, 5) is 58.5. The molecule has 5 N–H and O–H groups in total. The number of nitrogens with one attached hydrogen (secondary N) is 1. The first-order valence-electron chi connectivity index (χ1n) is 14.1. The highest BCUT2D eigenvalue weighted by atomic mass is 32.2. The van der Waals surface area contributed by atoms with Gasteiger partial charge in [-0.2, -0.15) is 0 Å². The van der Waals surface area contributed by atoms with Crippen molar-refractivity contribution < 1.29 is 34.2 Å². The molecule has 0 unspecified atom stereocenters. The SMILES string of the molecule is CCCCC/C=C/C/C=C/CCCCCCCC(=O)SC[C@H](NC(=O)CC[C@H](N)C(=O)O)C(=O)CCC(=O)O. The molecule has 39 heavy (non-hydrogen) atoms. The van der Waals surface area contributed by atoms with Crippen molar-refractivity contribution in [3.8, 4) is 0 Å². The number of Topliss-reactive ketones (excluding diaryl/α,β-unsaturated/α-hetero) is 1. The maximum absolute atomic E-state index is 12.4. The van der Waals surface area contributed by atoms with E-state index in [0.717, 1.165) is 63.1 Å². The Morgan fingerprint density at radius 3 is 2.03 bits per heavy atom. The van der Waals surface area contributed by atoms with Crippen LogP contribution in [-0.4, -0.2) is 56.8 Å². The lowest BCUT2D eigenvalue weighted by atomic mass is 10.1. The molecule has 0 bridgehead atoms. The van der Waals surface area contributed by atoms with Gasteiger partial charge >= 0.3 is 11.9 Å². The van der Waals surface area contributed by atoms with Crippen LogP contribution in [-0.2, 0) is 24.0 Å². The molecule has 2 atom stereocenters. The number of rotatable bonds is 25. The van der Waals surface area contributed by atoms with Crippen molar-refractivity contribution in [2.24, 2.45) is 5.73 Å². The summed E-state index contributed by atoms with van der Waals surface area (Å²) in [5.74, 6) is -3.40. The number of allylic oxidation sites excluding steroid dienone is 4. The smallest absolute Gasteiger partial charge is 0.320 e. The van der Waals surface area contributed by atoms with Crippen LogP contribution in [0, 0.1) is 0 Å². The zero-order chi connectivity index (χ0) is 29.3. The van der Waals surface area contributed by atoms with Crippen LogP contribution in [0.15, 0.2) is 24.3 Å². The van der Waals surface area contributed by atoms with E-state index in [4.69, 9.17) is 15.9 Å². The average molecular weight is 569 g/mol. The molecule has 0 saturated carbocycles. The van der Waals surface area contributed by atoms with Gasteiger partial charge in [0.25, 0.3) is 0 Å². The van der Waals surface area contributed by atoms with E-state index in [2.05, 4.69) is 36.5 Å². The van der Waals surface area contributed by atoms with Gasteiger partial charge in [-0.05, 0) is 44.9 Å². The van der Waals surface area contributed by atoms with Gasteiger partial charge in [0.15, 0.2) is 10.9 Å². The first kappa shape index (κ1) is 36.5. The van der Waals surface area contributed by atoms with E-state index in [1.807, 2.05) is 0 Å². The van der Waals surface area contributed by atoms with Crippen molar-refractivity contribution in [2.75, 3.05) is 5.75 Å². The number of carboxylic acid groups (broad SMARTS) is 2. The van der Waals surface area contributed by atoms with Crippen LogP contribution in [0.4, 0.5) is 0 Å². The molecule has 0 saturated heterocycles. The molecule has 0 radical (unpaired) electrons. The van der Waals surface area contributed by atoms with Gasteiger partial charge < -0.3 is 21.3 Å². The molecule has 0 aromatic heterocycles. The molecule has 0 aromatic carbocycles. The lowest BCUT2D eigenvalue weighted by molar-refractivity contribution is -0.139. The van der Waals surface area contributed by atoms with Gasteiger partial charge in [0.1, 0.15) is 6.04 Å². The zero-order valence-corrected chi connectivity index (χ0v) is 24.2. The van der Waals surface area contributed by atoms with E-state index in [1.165, 1.54) is 19.3 Å². The average Bonchev–Trinajstić information content (AvgIpc) is 2.90. The number of thioether (sulfide) groups is 1. The Morgan fingerprint density at radius 2 is 1.41 bits per heavy atom. The summed E-state index contributed by atoms with van der Waals surface area (Å²) in [6.07, 6.45) is 20.3. The van der Waals surface area contributed by atoms with E-state index in [9.17, 15) is 24.0 Å². The molecule has 0 aliphatic carbocycles. The molecule has 0 rings (SSSR count). The fourth-order valence-corrected chi connectivity index (χ4v) is 4.54. The molecular weight excluding hydrogens is 520 g/mol. The van der Waals surface area contributed by atoms with Crippen LogP contribution in [0.1, 0.15) is 110 Å². The molecule has 0 spiro atoms. The van der Waals surface area contributed by atoms with Crippen molar-refractivity contribution >= 4 is 40.5 Å². The number of nitrogens with two attached hydrogens (primary N) is 1. The molecule has 10 heteroatoms. The minimum atomic E-state index is -1.23. The first-order chi connectivity index (χ1) is 18.7. The Kier molecular flexibility index (Phi) is 23.0. The number of amides is 1. The summed E-state index contributed by atoms with van der Waals surface area (Å²) in [7, 11) is 0. The lowest BCUT2D eigenvalue weighted by Crippen LogP contribution is -2.43. The van der Waals surface area contributed by atoms with Crippen molar-refractivity contribution in [2.45, 2.75) is 122 Å². The number of hydrogen-bond acceptors (Lipinski definition) is 7. The van der Waals surface area contributed by atoms with Gasteiger partial charge in [0.05, 0.1) is 12.5 Å². The van der Waals surface area contributed by atoms with Gasteiger partial charge in [0, 0.05) is 25.0 Å². The summed E-state index contributed by atoms with van der Waals surface area (Å²) >= 11 is 0.950. The van der Waals surface area contributed by atoms with Gasteiger partial charge in [-0.15, -0.1) is 0 Å². The van der Waals surface area contributed by atoms with E-state index in [0.29, 0.717) is 6.42 Å². The first-order valence-corrected chi connectivity index (χ1v) is 15.1. The molecule has 0 heterocycles. The molecule has 222 valence electrons. The highest BCUT2D eigenvalue weighted by molar-refractivity contribution is 8.13. The number of unbranched alkanes of at least 4 members (excludes halogenated alkanes) is 8. The number of hydrogen-bond donors (Lipinski definition) is 4. The maximum atomic E-state index is 12.4. The van der Waals surface area contributed by atoms with Crippen LogP contribution in [0.25, 0.3) is 0 Å². The zero-order valence-electron chi connectivity index (χ0n) is 23.4. The summed E-state index contributed by atoms with van der Waals surface area (Å²) in [5.41, 5.74) is 5.40. The number of carbonyl (C=O) groups excluding carboxylic acids is 3. The largest absolute Gasteiger partial charge is 0.481 e. The molecule has 0 aliphatic heterocycles. The van der Waals surface area contributed by atoms with Crippen molar-refractivity contribution in [3.63, 3.8) is 0 Å². The minimum absolute atomic E-state index is 0.00821. The Hall–Kier alpha value is -2.46. The van der Waals surface area contributed by atoms with Gasteiger partial charge in [-0.25, -0.2) is 0 Å². The fraction of sp³-hybridized carbons (Fsp3) is 0.690. The maximum Gasteiger partial charge on any atom is 0.320 e. The van der Waals surface area contributed by atoms with Gasteiger partial charge in [-0.1, -0.05) is 75.1 Å². The summed E-state index contributed by atoms with van der Waals surface area (Å²) in [6, 6.07) is -2.21. The standard InChI is InChI=1S/C29H48N2O7S/c1-2-3-4-5-6-7-8-9-10-11-12-13-14-15-16-17-28(36)39-22-24(25(32)19-21-27(34)35)31-26(33)20-18-23(30)29(37)38/h6-7,9-10,23-24H,2-5,8,11-22,30H2,1H3,(H,31,33)(H,34,35)(H,37,38)/b7-6+,10-9+/t23-,24-/m0/s1. The monoisotopic (exact) mass is 568 g/mol. The van der Waals surface area contributed by atoms with Crippen molar-refractivity contribution in [3.05, 3.63) is 24.3 Å². The predicted molar refractivity (Wildman–Crippen MR) is 155 cm³/mol. The Bertz CT molecular complexity index is 799. The quantitative estimate of drug-likeness (QED) is 0.0859. The van der Waals surface area contributed by atoms with Gasteiger partial charge in [0.2, 0.25) is 5.91 Å². The highest BCUT2D eigenvalue weighted by Crippen LogP contribution is 2.15. The summed E-state index contributed by atoms with van der Waals surface area (Å²) < 4.78 is 0. The fourth-order valence-electron chi connectivity index (χ4n) is 3.63. The lowest BCUT2D eigenvalue weighted by Gasteiger charge is -2.17. The van der Waals surface area contributed by atoms with E-state index in [-0.39, 0.29) is 36.6 Å². The molecule has 1 amide bonds. The molecule has 0 aromatic rings. The number of ketones is 1. The number of carbonyl (C=O) groups is 5. The Labute approximate surface area is 237 Å². The van der Waals surface area contributed by atoms with Crippen molar-refractivity contribution in [1.29, 1.82) is 0 Å². The third kappa shape index (κ3) is 23.2. The van der Waals surface area contributed by atoms with Crippen LogP contribution in [0.3, 0.4) is 0 Å². The van der Waals surface area contributed by atoms with Crippen LogP contribution in [0.2, 0.25) is 0 Å². The number of carboxylic acids is 2. The predicted octanol–water partition coefficient (Wildman–Crippen LogP) is 5.17. The Morgan fingerprint density at radius 1 is 0.795 bits per heavy atom. The number of aliphatic carboxylic acids is 2. The van der Waals surface area contributed by atoms with Crippen molar-refractivity contribution in [1.82, 2.24) is 5.32 Å². The van der Waals surface area contributed by atoms with E-state index >= 15 is 0 Å². The van der Waals surface area contributed by atoms with Gasteiger partial charge in [-0.3, -0.25) is 24.0 Å². The molecule has 0 aliphatic rings. The third-order valence-corrected chi connectivity index (χ3v) is 7.08. The van der Waals surface area contributed by atoms with E-state index in [1.54, 1.807) is 0 Å².